The Labute approximate surface area is 97.4 Å². The van der Waals surface area contributed by atoms with Crippen LogP contribution in [0.2, 0.25) is 0 Å². The molecule has 17 heavy (non-hydrogen) atoms. The fraction of sp³-hybridized carbons (Fsp3) is 0.545. The van der Waals surface area contributed by atoms with Gasteiger partial charge in [0.2, 0.25) is 0 Å². The number of nitrogens with zero attached hydrogens (tertiary/aromatic N) is 2. The molecule has 1 fully saturated rings. The predicted molar refractivity (Wildman–Crippen MR) is 58.7 cm³/mol. The van der Waals surface area contributed by atoms with Crippen molar-refractivity contribution < 1.29 is 13.2 Å². The molecule has 0 bridgehead atoms. The van der Waals surface area contributed by atoms with E-state index in [0.29, 0.717) is 18.9 Å². The summed E-state index contributed by atoms with van der Waals surface area (Å²) < 4.78 is 37.6. The van der Waals surface area contributed by atoms with Gasteiger partial charge in [-0.05, 0) is 25.0 Å². The second-order valence-electron chi connectivity index (χ2n) is 4.25. The van der Waals surface area contributed by atoms with Crippen molar-refractivity contribution in [3.05, 3.63) is 23.9 Å². The first-order valence-corrected chi connectivity index (χ1v) is 5.50. The minimum atomic E-state index is -4.32. The number of piperidine rings is 1. The molecule has 2 N–H and O–H groups in total. The molecule has 1 saturated heterocycles. The van der Waals surface area contributed by atoms with E-state index in [9.17, 15) is 13.2 Å². The molecule has 1 aliphatic heterocycles. The van der Waals surface area contributed by atoms with Crippen LogP contribution < -0.4 is 10.6 Å². The number of rotatable bonds is 1. The van der Waals surface area contributed by atoms with Gasteiger partial charge in [-0.25, -0.2) is 4.98 Å². The Morgan fingerprint density at radius 1 is 1.41 bits per heavy atom. The van der Waals surface area contributed by atoms with Crippen LogP contribution in [-0.4, -0.2) is 24.1 Å². The van der Waals surface area contributed by atoms with Crippen molar-refractivity contribution in [2.45, 2.75) is 25.1 Å². The van der Waals surface area contributed by atoms with Crippen LogP contribution >= 0.6 is 0 Å². The van der Waals surface area contributed by atoms with Gasteiger partial charge < -0.3 is 10.6 Å². The Balaban J connectivity index is 2.21. The predicted octanol–water partition coefficient (Wildman–Crippen LogP) is 2.03. The van der Waals surface area contributed by atoms with Crippen LogP contribution in [0.25, 0.3) is 0 Å². The fourth-order valence-corrected chi connectivity index (χ4v) is 1.99. The van der Waals surface area contributed by atoms with E-state index in [2.05, 4.69) is 4.98 Å². The van der Waals surface area contributed by atoms with Gasteiger partial charge in [-0.2, -0.15) is 13.2 Å². The smallest absolute Gasteiger partial charge is 0.355 e. The number of aromatic nitrogens is 1. The zero-order valence-corrected chi connectivity index (χ0v) is 9.24. The van der Waals surface area contributed by atoms with Gasteiger partial charge in [0.1, 0.15) is 5.82 Å². The maximum Gasteiger partial charge on any atom is 0.416 e. The van der Waals surface area contributed by atoms with E-state index >= 15 is 0 Å². The standard InChI is InChI=1S/C11H14F3N3/c12-11(13,14)8-3-4-16-10(6-8)17-5-1-2-9(15)7-17/h3-4,6,9H,1-2,5,7,15H2. The zero-order chi connectivity index (χ0) is 12.5. The second kappa shape index (κ2) is 4.52. The lowest BCUT2D eigenvalue weighted by Gasteiger charge is -2.31. The Morgan fingerprint density at radius 2 is 2.18 bits per heavy atom. The summed E-state index contributed by atoms with van der Waals surface area (Å²) in [5.74, 6) is 0.356. The molecule has 2 rings (SSSR count). The maximum atomic E-state index is 12.5. The molecule has 0 radical (unpaired) electrons. The van der Waals surface area contributed by atoms with E-state index in [-0.39, 0.29) is 6.04 Å². The van der Waals surface area contributed by atoms with Crippen LogP contribution in [-0.2, 0) is 6.18 Å². The Morgan fingerprint density at radius 3 is 2.82 bits per heavy atom. The number of halogens is 3. The van der Waals surface area contributed by atoms with Gasteiger partial charge in [0.05, 0.1) is 5.56 Å². The minimum Gasteiger partial charge on any atom is -0.355 e. The number of pyridine rings is 1. The summed E-state index contributed by atoms with van der Waals surface area (Å²) in [5, 5.41) is 0. The number of hydrogen-bond donors (Lipinski definition) is 1. The molecule has 0 spiro atoms. The van der Waals surface area contributed by atoms with Crippen molar-refractivity contribution in [1.82, 2.24) is 4.98 Å². The SMILES string of the molecule is NC1CCCN(c2cc(C(F)(F)F)ccn2)C1. The molecule has 0 saturated carbocycles. The number of alkyl halides is 3. The molecular formula is C11H14F3N3. The van der Waals surface area contributed by atoms with Crippen molar-refractivity contribution in [3.63, 3.8) is 0 Å². The average molecular weight is 245 g/mol. The van der Waals surface area contributed by atoms with Gasteiger partial charge in [-0.3, -0.25) is 0 Å². The van der Waals surface area contributed by atoms with Gasteiger partial charge in [-0.1, -0.05) is 0 Å². The van der Waals surface area contributed by atoms with E-state index in [1.165, 1.54) is 6.20 Å². The molecule has 1 aliphatic rings. The first-order chi connectivity index (χ1) is 7.97. The molecule has 1 aromatic heterocycles. The summed E-state index contributed by atoms with van der Waals surface area (Å²) in [6.07, 6.45) is -1.33. The summed E-state index contributed by atoms with van der Waals surface area (Å²) in [4.78, 5) is 5.79. The van der Waals surface area contributed by atoms with Crippen LogP contribution in [0.3, 0.4) is 0 Å². The van der Waals surface area contributed by atoms with Crippen LogP contribution in [0.5, 0.6) is 0 Å². The molecule has 6 heteroatoms. The van der Waals surface area contributed by atoms with Crippen molar-refractivity contribution in [2.75, 3.05) is 18.0 Å². The summed E-state index contributed by atoms with van der Waals surface area (Å²) in [7, 11) is 0. The van der Waals surface area contributed by atoms with E-state index in [0.717, 1.165) is 25.0 Å². The van der Waals surface area contributed by atoms with Gasteiger partial charge in [-0.15, -0.1) is 0 Å². The van der Waals surface area contributed by atoms with E-state index in [1.54, 1.807) is 0 Å². The average Bonchev–Trinajstić information content (AvgIpc) is 2.28. The molecule has 3 nitrogen and oxygen atoms in total. The number of hydrogen-bond acceptors (Lipinski definition) is 3. The van der Waals surface area contributed by atoms with Crippen molar-refractivity contribution >= 4 is 5.82 Å². The second-order valence-corrected chi connectivity index (χ2v) is 4.25. The summed E-state index contributed by atoms with van der Waals surface area (Å²) in [6.45, 7) is 1.27. The van der Waals surface area contributed by atoms with Crippen LogP contribution in [0, 0.1) is 0 Å². The fourth-order valence-electron chi connectivity index (χ4n) is 1.99. The third kappa shape index (κ3) is 2.88. The van der Waals surface area contributed by atoms with Gasteiger partial charge >= 0.3 is 6.18 Å². The van der Waals surface area contributed by atoms with Crippen LogP contribution in [0.1, 0.15) is 18.4 Å². The first kappa shape index (κ1) is 12.2. The lowest BCUT2D eigenvalue weighted by molar-refractivity contribution is -0.137. The molecule has 0 aliphatic carbocycles. The van der Waals surface area contributed by atoms with E-state index in [1.807, 2.05) is 4.90 Å². The third-order valence-electron chi connectivity index (χ3n) is 2.85. The molecule has 0 amide bonds. The molecule has 0 aromatic carbocycles. The molecule has 2 heterocycles. The Bertz CT molecular complexity index is 392. The summed E-state index contributed by atoms with van der Waals surface area (Å²) >= 11 is 0. The first-order valence-electron chi connectivity index (χ1n) is 5.50. The normalized spacial score (nSPS) is 21.6. The highest BCUT2D eigenvalue weighted by Gasteiger charge is 2.31. The van der Waals surface area contributed by atoms with Gasteiger partial charge in [0.25, 0.3) is 0 Å². The molecule has 94 valence electrons. The highest BCUT2D eigenvalue weighted by molar-refractivity contribution is 5.42. The summed E-state index contributed by atoms with van der Waals surface area (Å²) in [6, 6.07) is 2.07. The lowest BCUT2D eigenvalue weighted by atomic mass is 10.1. The minimum absolute atomic E-state index is 0.0140. The van der Waals surface area contributed by atoms with E-state index < -0.39 is 11.7 Å². The molecule has 1 atom stereocenters. The Hall–Kier alpha value is -1.30. The van der Waals surface area contributed by atoms with Gasteiger partial charge in [0.15, 0.2) is 0 Å². The number of nitrogens with two attached hydrogens (primary N) is 1. The quantitative estimate of drug-likeness (QED) is 0.823. The van der Waals surface area contributed by atoms with Crippen molar-refractivity contribution in [2.24, 2.45) is 5.73 Å². The number of anilines is 1. The lowest BCUT2D eigenvalue weighted by Crippen LogP contribution is -2.43. The molecule has 1 aromatic rings. The van der Waals surface area contributed by atoms with Crippen molar-refractivity contribution in [1.29, 1.82) is 0 Å². The highest BCUT2D eigenvalue weighted by atomic mass is 19.4. The van der Waals surface area contributed by atoms with E-state index in [4.69, 9.17) is 5.73 Å². The largest absolute Gasteiger partial charge is 0.416 e. The highest BCUT2D eigenvalue weighted by Crippen LogP contribution is 2.31. The monoisotopic (exact) mass is 245 g/mol. The van der Waals surface area contributed by atoms with Crippen LogP contribution in [0.4, 0.5) is 19.0 Å². The maximum absolute atomic E-state index is 12.5. The zero-order valence-electron chi connectivity index (χ0n) is 9.24. The van der Waals surface area contributed by atoms with Gasteiger partial charge in [0, 0.05) is 25.3 Å². The van der Waals surface area contributed by atoms with Crippen molar-refractivity contribution in [3.8, 4) is 0 Å². The topological polar surface area (TPSA) is 42.1 Å². The summed E-state index contributed by atoms with van der Waals surface area (Å²) in [5.41, 5.74) is 5.13. The third-order valence-corrected chi connectivity index (χ3v) is 2.85. The molecule has 1 unspecified atom stereocenters. The Kier molecular flexibility index (Phi) is 3.24. The molecular weight excluding hydrogens is 231 g/mol. The van der Waals surface area contributed by atoms with Crippen LogP contribution in [0.15, 0.2) is 18.3 Å².